The first kappa shape index (κ1) is 15.8. The van der Waals surface area contributed by atoms with Crippen molar-refractivity contribution in [2.45, 2.75) is 17.8 Å². The van der Waals surface area contributed by atoms with Crippen molar-refractivity contribution in [3.8, 4) is 0 Å². The second kappa shape index (κ2) is 6.06. The Bertz CT molecular complexity index is 624. The number of nitrogens with one attached hydrogen (secondary N) is 1. The van der Waals surface area contributed by atoms with Gasteiger partial charge in [0, 0.05) is 31.2 Å². The van der Waals surface area contributed by atoms with E-state index in [1.807, 2.05) is 0 Å². The Balaban J connectivity index is 2.06. The predicted molar refractivity (Wildman–Crippen MR) is 74.1 cm³/mol. The summed E-state index contributed by atoms with van der Waals surface area (Å²) in [6.45, 7) is 0.277. The van der Waals surface area contributed by atoms with Crippen LogP contribution >= 0.6 is 0 Å². The van der Waals surface area contributed by atoms with Crippen LogP contribution in [0, 0.1) is 10.1 Å². The number of rotatable bonds is 6. The van der Waals surface area contributed by atoms with Crippen molar-refractivity contribution in [2.75, 3.05) is 19.8 Å². The Morgan fingerprint density at radius 1 is 1.43 bits per heavy atom. The van der Waals surface area contributed by atoms with Crippen LogP contribution < -0.4 is 4.72 Å². The maximum Gasteiger partial charge on any atom is 0.273 e. The van der Waals surface area contributed by atoms with Crippen LogP contribution in [0.15, 0.2) is 24.3 Å². The molecule has 0 amide bonds. The normalized spacial score (nSPS) is 22.3. The van der Waals surface area contributed by atoms with E-state index in [-0.39, 0.29) is 24.4 Å². The maximum absolute atomic E-state index is 12.0. The minimum atomic E-state index is -3.79. The highest BCUT2D eigenvalue weighted by molar-refractivity contribution is 7.88. The fourth-order valence-corrected chi connectivity index (χ4v) is 3.29. The molecule has 1 aromatic carbocycles. The van der Waals surface area contributed by atoms with Crippen LogP contribution in [0.1, 0.15) is 12.0 Å². The summed E-state index contributed by atoms with van der Waals surface area (Å²) in [6.07, 6.45) is 0.348. The highest BCUT2D eigenvalue weighted by Gasteiger charge is 2.33. The van der Waals surface area contributed by atoms with Gasteiger partial charge < -0.3 is 9.84 Å². The molecule has 1 fully saturated rings. The summed E-state index contributed by atoms with van der Waals surface area (Å²) in [6, 6.07) is 5.66. The fourth-order valence-electron chi connectivity index (χ4n) is 2.05. The van der Waals surface area contributed by atoms with Gasteiger partial charge in [-0.3, -0.25) is 10.1 Å². The van der Waals surface area contributed by atoms with Gasteiger partial charge in [0.15, 0.2) is 0 Å². The predicted octanol–water partition coefficient (Wildman–Crippen LogP) is 0.166. The molecule has 1 atom stereocenters. The molecule has 0 aromatic heterocycles. The van der Waals surface area contributed by atoms with Crippen LogP contribution in [-0.2, 0) is 20.5 Å². The van der Waals surface area contributed by atoms with Crippen LogP contribution in [0.2, 0.25) is 0 Å². The number of para-hydroxylation sites is 1. The van der Waals surface area contributed by atoms with Gasteiger partial charge >= 0.3 is 0 Å². The van der Waals surface area contributed by atoms with Gasteiger partial charge in [0.1, 0.15) is 5.60 Å². The van der Waals surface area contributed by atoms with Crippen molar-refractivity contribution in [1.29, 1.82) is 0 Å². The monoisotopic (exact) mass is 316 g/mol. The molecule has 1 unspecified atom stereocenters. The largest absolute Gasteiger partial charge is 0.386 e. The lowest BCUT2D eigenvalue weighted by molar-refractivity contribution is -0.385. The number of ether oxygens (including phenoxy) is 1. The molecule has 9 heteroatoms. The van der Waals surface area contributed by atoms with Gasteiger partial charge in [-0.05, 0) is 0 Å². The zero-order valence-electron chi connectivity index (χ0n) is 11.2. The molecular formula is C12H16N2O6S. The molecule has 0 saturated carbocycles. The number of nitrogens with zero attached hydrogens (tertiary/aromatic N) is 1. The van der Waals surface area contributed by atoms with E-state index in [9.17, 15) is 23.6 Å². The molecule has 0 radical (unpaired) electrons. The molecule has 0 bridgehead atoms. The first-order valence-electron chi connectivity index (χ1n) is 6.31. The van der Waals surface area contributed by atoms with Crippen molar-refractivity contribution < 1.29 is 23.2 Å². The first-order chi connectivity index (χ1) is 9.81. The summed E-state index contributed by atoms with van der Waals surface area (Å²) in [7, 11) is -3.79. The smallest absolute Gasteiger partial charge is 0.273 e. The third-order valence-electron chi connectivity index (χ3n) is 3.24. The van der Waals surface area contributed by atoms with E-state index in [1.165, 1.54) is 24.3 Å². The van der Waals surface area contributed by atoms with E-state index in [4.69, 9.17) is 4.74 Å². The summed E-state index contributed by atoms with van der Waals surface area (Å²) in [5.41, 5.74) is -1.36. The average molecular weight is 316 g/mol. The first-order valence-corrected chi connectivity index (χ1v) is 7.96. The van der Waals surface area contributed by atoms with Crippen molar-refractivity contribution >= 4 is 15.7 Å². The zero-order chi connectivity index (χ0) is 15.5. The SMILES string of the molecule is O=[N+]([O-])c1ccccc1CS(=O)(=O)NCC1(O)CCOC1. The summed E-state index contributed by atoms with van der Waals surface area (Å²) in [4.78, 5) is 10.2. The van der Waals surface area contributed by atoms with E-state index < -0.39 is 26.3 Å². The summed E-state index contributed by atoms with van der Waals surface area (Å²) >= 11 is 0. The van der Waals surface area contributed by atoms with Gasteiger partial charge in [-0.15, -0.1) is 0 Å². The summed E-state index contributed by atoms with van der Waals surface area (Å²) in [5, 5.41) is 20.9. The Morgan fingerprint density at radius 2 is 2.14 bits per heavy atom. The van der Waals surface area contributed by atoms with Gasteiger partial charge in [0.25, 0.3) is 5.69 Å². The lowest BCUT2D eigenvalue weighted by Gasteiger charge is -2.20. The van der Waals surface area contributed by atoms with E-state index in [1.54, 1.807) is 0 Å². The summed E-state index contributed by atoms with van der Waals surface area (Å²) < 4.78 is 31.3. The van der Waals surface area contributed by atoms with Crippen molar-refractivity contribution in [1.82, 2.24) is 4.72 Å². The fraction of sp³-hybridized carbons (Fsp3) is 0.500. The van der Waals surface area contributed by atoms with Gasteiger partial charge in [-0.1, -0.05) is 18.2 Å². The second-order valence-corrected chi connectivity index (χ2v) is 6.80. The minimum absolute atomic E-state index is 0.0704. The molecule has 8 nitrogen and oxygen atoms in total. The standard InChI is InChI=1S/C12H16N2O6S/c15-12(5-6-20-9-12)8-13-21(18,19)7-10-3-1-2-4-11(10)14(16)17/h1-4,13,15H,5-9H2. The topological polar surface area (TPSA) is 119 Å². The highest BCUT2D eigenvalue weighted by atomic mass is 32.2. The maximum atomic E-state index is 12.0. The number of sulfonamides is 1. The van der Waals surface area contributed by atoms with Gasteiger partial charge in [-0.25, -0.2) is 13.1 Å². The van der Waals surface area contributed by atoms with Gasteiger partial charge in [0.2, 0.25) is 10.0 Å². The molecule has 1 aromatic rings. The van der Waals surface area contributed by atoms with Gasteiger partial charge in [0.05, 0.1) is 17.3 Å². The lowest BCUT2D eigenvalue weighted by Crippen LogP contribution is -2.43. The number of benzene rings is 1. The van der Waals surface area contributed by atoms with Crippen molar-refractivity contribution in [3.63, 3.8) is 0 Å². The van der Waals surface area contributed by atoms with E-state index in [2.05, 4.69) is 4.72 Å². The molecule has 116 valence electrons. The molecule has 0 aliphatic carbocycles. The third-order valence-corrected chi connectivity index (χ3v) is 4.51. The number of hydrogen-bond donors (Lipinski definition) is 2. The second-order valence-electron chi connectivity index (χ2n) is 4.99. The number of hydrogen-bond acceptors (Lipinski definition) is 6. The molecule has 2 N–H and O–H groups in total. The number of nitro benzene ring substituents is 1. The molecule has 1 saturated heterocycles. The highest BCUT2D eigenvalue weighted by Crippen LogP contribution is 2.21. The third kappa shape index (κ3) is 4.21. The molecular weight excluding hydrogens is 300 g/mol. The molecule has 1 heterocycles. The van der Waals surface area contributed by atoms with E-state index in [0.29, 0.717) is 13.0 Å². The van der Waals surface area contributed by atoms with Crippen LogP contribution in [-0.4, -0.2) is 43.8 Å². The molecule has 0 spiro atoms. The molecule has 21 heavy (non-hydrogen) atoms. The van der Waals surface area contributed by atoms with Crippen LogP contribution in [0.3, 0.4) is 0 Å². The summed E-state index contributed by atoms with van der Waals surface area (Å²) in [5.74, 6) is -0.513. The number of nitro groups is 1. The lowest BCUT2D eigenvalue weighted by atomic mass is 10.1. The van der Waals surface area contributed by atoms with Crippen molar-refractivity contribution in [3.05, 3.63) is 39.9 Å². The van der Waals surface area contributed by atoms with Gasteiger partial charge in [-0.2, -0.15) is 0 Å². The van der Waals surface area contributed by atoms with Crippen molar-refractivity contribution in [2.24, 2.45) is 0 Å². The molecule has 2 rings (SSSR count). The Hall–Kier alpha value is -1.55. The number of aliphatic hydroxyl groups is 1. The van der Waals surface area contributed by atoms with Crippen LogP contribution in [0.5, 0.6) is 0 Å². The van der Waals surface area contributed by atoms with Crippen LogP contribution in [0.4, 0.5) is 5.69 Å². The Morgan fingerprint density at radius 3 is 2.76 bits per heavy atom. The molecule has 1 aliphatic rings. The zero-order valence-corrected chi connectivity index (χ0v) is 12.0. The Kier molecular flexibility index (Phi) is 4.57. The Labute approximate surface area is 121 Å². The average Bonchev–Trinajstić information content (AvgIpc) is 2.84. The quantitative estimate of drug-likeness (QED) is 0.570. The molecule has 1 aliphatic heterocycles. The minimum Gasteiger partial charge on any atom is -0.386 e. The van der Waals surface area contributed by atoms with E-state index in [0.717, 1.165) is 0 Å². The van der Waals surface area contributed by atoms with E-state index >= 15 is 0 Å². The van der Waals surface area contributed by atoms with Crippen LogP contribution in [0.25, 0.3) is 0 Å².